The van der Waals surface area contributed by atoms with Crippen LogP contribution in [0, 0.1) is 0 Å². The van der Waals surface area contributed by atoms with E-state index >= 15 is 0 Å². The van der Waals surface area contributed by atoms with Gasteiger partial charge < -0.3 is 14.8 Å². The van der Waals surface area contributed by atoms with E-state index in [9.17, 15) is 13.2 Å². The predicted octanol–water partition coefficient (Wildman–Crippen LogP) is 1.56. The molecule has 25 heavy (non-hydrogen) atoms. The van der Waals surface area contributed by atoms with Crippen LogP contribution < -0.4 is 15.2 Å². The summed E-state index contributed by atoms with van der Waals surface area (Å²) in [5.41, 5.74) is 1.56. The standard InChI is InChI=1S/C17H18N2O5S/c18-25(21,22)15-8-4-7-13-9-14(11-23-16(13)15)19-17(20)24-10-12-5-2-1-3-6-12/h1-8,14H,9-11H2,(H,19,20)(H2,18,21,22)/t14-/m1/s1. The maximum absolute atomic E-state index is 11.9. The third-order valence-electron chi connectivity index (χ3n) is 3.80. The fourth-order valence-corrected chi connectivity index (χ4v) is 3.36. The summed E-state index contributed by atoms with van der Waals surface area (Å²) in [6.07, 6.45) is -0.123. The molecule has 2 aromatic rings. The van der Waals surface area contributed by atoms with Gasteiger partial charge in [-0.05, 0) is 23.6 Å². The fourth-order valence-electron chi connectivity index (χ4n) is 2.64. The Labute approximate surface area is 145 Å². The van der Waals surface area contributed by atoms with E-state index < -0.39 is 16.1 Å². The summed E-state index contributed by atoms with van der Waals surface area (Å²) >= 11 is 0. The van der Waals surface area contributed by atoms with Crippen molar-refractivity contribution in [3.63, 3.8) is 0 Å². The normalized spacial score (nSPS) is 16.4. The minimum absolute atomic E-state index is 0.0462. The average Bonchev–Trinajstić information content (AvgIpc) is 2.59. The van der Waals surface area contributed by atoms with Gasteiger partial charge >= 0.3 is 6.09 Å². The third-order valence-corrected chi connectivity index (χ3v) is 4.73. The molecule has 1 amide bonds. The zero-order chi connectivity index (χ0) is 17.9. The van der Waals surface area contributed by atoms with E-state index in [1.54, 1.807) is 12.1 Å². The number of amides is 1. The number of fused-ring (bicyclic) bond motifs is 1. The van der Waals surface area contributed by atoms with Gasteiger partial charge in [-0.2, -0.15) is 0 Å². The lowest BCUT2D eigenvalue weighted by atomic mass is 10.0. The Hall–Kier alpha value is -2.58. The molecule has 0 radical (unpaired) electrons. The average molecular weight is 362 g/mol. The molecule has 132 valence electrons. The second-order valence-electron chi connectivity index (χ2n) is 5.71. The summed E-state index contributed by atoms with van der Waals surface area (Å²) < 4.78 is 33.9. The molecule has 8 heteroatoms. The number of sulfonamides is 1. The van der Waals surface area contributed by atoms with Gasteiger partial charge in [0, 0.05) is 0 Å². The van der Waals surface area contributed by atoms with Crippen LogP contribution in [0.3, 0.4) is 0 Å². The molecule has 0 saturated heterocycles. The lowest BCUT2D eigenvalue weighted by Gasteiger charge is -2.27. The van der Waals surface area contributed by atoms with Gasteiger partial charge in [0.2, 0.25) is 10.0 Å². The summed E-state index contributed by atoms with van der Waals surface area (Å²) in [5, 5.41) is 7.91. The molecule has 3 N–H and O–H groups in total. The molecular weight excluding hydrogens is 344 g/mol. The van der Waals surface area contributed by atoms with Gasteiger partial charge in [-0.15, -0.1) is 0 Å². The molecule has 3 rings (SSSR count). The van der Waals surface area contributed by atoms with Crippen LogP contribution in [-0.4, -0.2) is 27.2 Å². The van der Waals surface area contributed by atoms with E-state index in [0.29, 0.717) is 12.0 Å². The van der Waals surface area contributed by atoms with Gasteiger partial charge in [0.25, 0.3) is 0 Å². The molecular formula is C17H18N2O5S. The van der Waals surface area contributed by atoms with E-state index in [2.05, 4.69) is 5.32 Å². The molecule has 1 aliphatic rings. The zero-order valence-electron chi connectivity index (χ0n) is 13.3. The first-order valence-electron chi connectivity index (χ1n) is 7.68. The Bertz CT molecular complexity index is 868. The highest BCUT2D eigenvalue weighted by atomic mass is 32.2. The predicted molar refractivity (Wildman–Crippen MR) is 90.6 cm³/mol. The van der Waals surface area contributed by atoms with Gasteiger partial charge in [0.15, 0.2) is 0 Å². The van der Waals surface area contributed by atoms with Gasteiger partial charge in [0.1, 0.15) is 23.9 Å². The van der Waals surface area contributed by atoms with Crippen molar-refractivity contribution < 1.29 is 22.7 Å². The Morgan fingerprint density at radius 1 is 1.20 bits per heavy atom. The monoisotopic (exact) mass is 362 g/mol. The maximum Gasteiger partial charge on any atom is 0.407 e. The van der Waals surface area contributed by atoms with E-state index in [1.807, 2.05) is 30.3 Å². The number of carbonyl (C=O) groups excluding carboxylic acids is 1. The van der Waals surface area contributed by atoms with Crippen LogP contribution in [0.5, 0.6) is 5.75 Å². The number of rotatable bonds is 4. The molecule has 0 spiro atoms. The van der Waals surface area contributed by atoms with Crippen molar-refractivity contribution in [2.75, 3.05) is 6.61 Å². The Morgan fingerprint density at radius 2 is 1.96 bits per heavy atom. The molecule has 0 aromatic heterocycles. The molecule has 1 atom stereocenters. The first-order chi connectivity index (χ1) is 11.9. The SMILES string of the molecule is NS(=O)(=O)c1cccc2c1OC[C@H](NC(=O)OCc1ccccc1)C2. The van der Waals surface area contributed by atoms with Crippen molar-refractivity contribution >= 4 is 16.1 Å². The third kappa shape index (κ3) is 4.28. The second-order valence-corrected chi connectivity index (χ2v) is 7.24. The number of nitrogens with one attached hydrogen (secondary N) is 1. The highest BCUT2D eigenvalue weighted by Crippen LogP contribution is 2.31. The van der Waals surface area contributed by atoms with Gasteiger partial charge in [-0.3, -0.25) is 0 Å². The highest BCUT2D eigenvalue weighted by molar-refractivity contribution is 7.89. The van der Waals surface area contributed by atoms with E-state index in [0.717, 1.165) is 5.56 Å². The number of nitrogens with two attached hydrogens (primary N) is 1. The molecule has 7 nitrogen and oxygen atoms in total. The molecule has 0 saturated carbocycles. The summed E-state index contributed by atoms with van der Waals surface area (Å²) in [5.74, 6) is 0.251. The molecule has 1 aliphatic heterocycles. The summed E-state index contributed by atoms with van der Waals surface area (Å²) in [6.45, 7) is 0.312. The van der Waals surface area contributed by atoms with Crippen LogP contribution in [0.4, 0.5) is 4.79 Å². The topological polar surface area (TPSA) is 108 Å². The van der Waals surface area contributed by atoms with E-state index in [1.165, 1.54) is 6.07 Å². The number of alkyl carbamates (subject to hydrolysis) is 1. The van der Waals surface area contributed by atoms with E-state index in [-0.39, 0.29) is 29.9 Å². The van der Waals surface area contributed by atoms with Crippen LogP contribution in [0.2, 0.25) is 0 Å². The number of para-hydroxylation sites is 1. The Kier molecular flexibility index (Phi) is 4.91. The number of carbonyl (C=O) groups is 1. The van der Waals surface area contributed by atoms with Crippen molar-refractivity contribution in [1.29, 1.82) is 0 Å². The number of hydrogen-bond donors (Lipinski definition) is 2. The lowest BCUT2D eigenvalue weighted by Crippen LogP contribution is -2.43. The number of ether oxygens (including phenoxy) is 2. The van der Waals surface area contributed by atoms with Crippen LogP contribution >= 0.6 is 0 Å². The van der Waals surface area contributed by atoms with Crippen molar-refractivity contribution in [2.45, 2.75) is 24.0 Å². The Balaban J connectivity index is 1.61. The number of hydrogen-bond acceptors (Lipinski definition) is 5. The van der Waals surface area contributed by atoms with Crippen LogP contribution in [0.1, 0.15) is 11.1 Å². The molecule has 0 unspecified atom stereocenters. The molecule has 0 fully saturated rings. The van der Waals surface area contributed by atoms with Crippen LogP contribution in [-0.2, 0) is 27.8 Å². The lowest BCUT2D eigenvalue weighted by molar-refractivity contribution is 0.128. The van der Waals surface area contributed by atoms with E-state index in [4.69, 9.17) is 14.6 Å². The first-order valence-corrected chi connectivity index (χ1v) is 9.23. The smallest absolute Gasteiger partial charge is 0.407 e. The zero-order valence-corrected chi connectivity index (χ0v) is 14.2. The largest absolute Gasteiger partial charge is 0.490 e. The minimum Gasteiger partial charge on any atom is -0.490 e. The molecule has 1 heterocycles. The van der Waals surface area contributed by atoms with Crippen molar-refractivity contribution in [2.24, 2.45) is 5.14 Å². The quantitative estimate of drug-likeness (QED) is 0.858. The van der Waals surface area contributed by atoms with Crippen LogP contribution in [0.25, 0.3) is 0 Å². The first kappa shape index (κ1) is 17.2. The van der Waals surface area contributed by atoms with Crippen LogP contribution in [0.15, 0.2) is 53.4 Å². The number of primary sulfonamides is 1. The van der Waals surface area contributed by atoms with Crippen molar-refractivity contribution in [3.05, 3.63) is 59.7 Å². The fraction of sp³-hybridized carbons (Fsp3) is 0.235. The maximum atomic E-state index is 11.9. The Morgan fingerprint density at radius 3 is 2.68 bits per heavy atom. The molecule has 0 bridgehead atoms. The van der Waals surface area contributed by atoms with Crippen molar-refractivity contribution in [1.82, 2.24) is 5.32 Å². The molecule has 0 aliphatic carbocycles. The van der Waals surface area contributed by atoms with Gasteiger partial charge in [-0.25, -0.2) is 18.4 Å². The summed E-state index contributed by atoms with van der Waals surface area (Å²) in [6, 6.07) is 13.8. The highest BCUT2D eigenvalue weighted by Gasteiger charge is 2.27. The minimum atomic E-state index is -3.86. The second kappa shape index (κ2) is 7.12. The summed E-state index contributed by atoms with van der Waals surface area (Å²) in [7, 11) is -3.86. The van der Waals surface area contributed by atoms with Crippen molar-refractivity contribution in [3.8, 4) is 5.75 Å². The van der Waals surface area contributed by atoms with Gasteiger partial charge in [0.05, 0.1) is 6.04 Å². The van der Waals surface area contributed by atoms with Gasteiger partial charge in [-0.1, -0.05) is 42.5 Å². The number of benzene rings is 2. The molecule has 2 aromatic carbocycles. The summed E-state index contributed by atoms with van der Waals surface area (Å²) in [4.78, 5) is 11.9.